The van der Waals surface area contributed by atoms with Gasteiger partial charge in [0.25, 0.3) is 5.91 Å². The van der Waals surface area contributed by atoms with E-state index in [9.17, 15) is 4.79 Å². The summed E-state index contributed by atoms with van der Waals surface area (Å²) in [7, 11) is 0. The van der Waals surface area contributed by atoms with Crippen LogP contribution in [0.15, 0.2) is 41.5 Å². The smallest absolute Gasteiger partial charge is 0.253 e. The van der Waals surface area contributed by atoms with E-state index in [1.807, 2.05) is 36.1 Å². The molecule has 1 fully saturated rings. The van der Waals surface area contributed by atoms with Gasteiger partial charge in [-0.3, -0.25) is 10.2 Å². The average molecular weight is 484 g/mol. The van der Waals surface area contributed by atoms with Crippen molar-refractivity contribution in [2.45, 2.75) is 40.0 Å². The lowest BCUT2D eigenvalue weighted by Gasteiger charge is -2.36. The first-order valence-electron chi connectivity index (χ1n) is 11.4. The number of amides is 1. The van der Waals surface area contributed by atoms with Crippen molar-refractivity contribution in [2.24, 2.45) is 5.10 Å². The highest BCUT2D eigenvalue weighted by molar-refractivity contribution is 7.22. The predicted molar refractivity (Wildman–Crippen MR) is 140 cm³/mol. The number of fused-ring (bicyclic) bond motifs is 1. The second kappa shape index (κ2) is 10.1. The summed E-state index contributed by atoms with van der Waals surface area (Å²) < 4.78 is 1.06. The maximum absolute atomic E-state index is 13.0. The monoisotopic (exact) mass is 483 g/mol. The van der Waals surface area contributed by atoms with Gasteiger partial charge in [0.2, 0.25) is 5.13 Å². The summed E-state index contributed by atoms with van der Waals surface area (Å²) in [5.74, 6) is 0.535. The van der Waals surface area contributed by atoms with Crippen LogP contribution >= 0.6 is 22.9 Å². The molecule has 0 unspecified atom stereocenters. The molecule has 1 saturated heterocycles. The zero-order valence-corrected chi connectivity index (χ0v) is 21.1. The minimum atomic E-state index is 0.0820. The molecule has 174 valence electrons. The van der Waals surface area contributed by atoms with Crippen molar-refractivity contribution in [3.05, 3.63) is 52.5 Å². The largest absolute Gasteiger partial charge is 0.365 e. The van der Waals surface area contributed by atoms with Gasteiger partial charge >= 0.3 is 0 Å². The zero-order chi connectivity index (χ0) is 23.5. The van der Waals surface area contributed by atoms with E-state index in [4.69, 9.17) is 16.6 Å². The molecule has 0 bridgehead atoms. The lowest BCUT2D eigenvalue weighted by molar-refractivity contribution is 0.0747. The Morgan fingerprint density at radius 1 is 1.15 bits per heavy atom. The number of piperazine rings is 1. The molecule has 2 heterocycles. The van der Waals surface area contributed by atoms with Crippen molar-refractivity contribution in [2.75, 3.05) is 36.5 Å². The molecule has 1 aromatic heterocycles. The van der Waals surface area contributed by atoms with Crippen LogP contribution < -0.4 is 10.3 Å². The third-order valence-electron chi connectivity index (χ3n) is 6.05. The van der Waals surface area contributed by atoms with Gasteiger partial charge in [-0.15, -0.1) is 0 Å². The fraction of sp³-hybridized carbons (Fsp3) is 0.400. The van der Waals surface area contributed by atoms with Crippen LogP contribution in [0.3, 0.4) is 0 Å². The van der Waals surface area contributed by atoms with Crippen molar-refractivity contribution in [3.8, 4) is 0 Å². The van der Waals surface area contributed by atoms with Crippen molar-refractivity contribution < 1.29 is 4.79 Å². The number of benzene rings is 2. The standard InChI is InChI=1S/C25H30ClN5OS/c1-5-17(4)28-29-25-27-22-21(33-25)11-10-20(26)23(22)30-12-14-31(15-13-30)24(32)19-8-6-18(7-9-19)16(2)3/h6-11,16H,5,12-15H2,1-4H3,(H,27,29)/b28-17-. The Morgan fingerprint density at radius 2 is 1.85 bits per heavy atom. The normalized spacial score (nSPS) is 14.9. The Balaban J connectivity index is 1.49. The molecule has 1 amide bonds. The van der Waals surface area contributed by atoms with Gasteiger partial charge < -0.3 is 9.80 Å². The van der Waals surface area contributed by atoms with Gasteiger partial charge in [0, 0.05) is 37.5 Å². The molecule has 2 aromatic carbocycles. The maximum Gasteiger partial charge on any atom is 0.253 e. The zero-order valence-electron chi connectivity index (χ0n) is 19.6. The fourth-order valence-electron chi connectivity index (χ4n) is 3.85. The number of nitrogens with zero attached hydrogens (tertiary/aromatic N) is 4. The molecule has 4 rings (SSSR count). The number of hydrogen-bond acceptors (Lipinski definition) is 6. The SMILES string of the molecule is CC/C(C)=N\Nc1nc2c(N3CCN(C(=O)c4ccc(C(C)C)cc4)CC3)c(Cl)ccc2s1. The molecule has 0 atom stereocenters. The number of hydrogen-bond donors (Lipinski definition) is 1. The number of anilines is 2. The molecule has 1 aliphatic heterocycles. The summed E-state index contributed by atoms with van der Waals surface area (Å²) in [6.07, 6.45) is 0.889. The van der Waals surface area contributed by atoms with Gasteiger partial charge in [0.05, 0.1) is 15.4 Å². The van der Waals surface area contributed by atoms with E-state index in [0.29, 0.717) is 37.1 Å². The molecule has 1 N–H and O–H groups in total. The Morgan fingerprint density at radius 3 is 2.48 bits per heavy atom. The number of halogens is 1. The molecule has 0 spiro atoms. The third kappa shape index (κ3) is 5.14. The fourth-order valence-corrected chi connectivity index (χ4v) is 4.94. The summed E-state index contributed by atoms with van der Waals surface area (Å²) in [5, 5.41) is 5.80. The highest BCUT2D eigenvalue weighted by atomic mass is 35.5. The molecular weight excluding hydrogens is 454 g/mol. The molecular formula is C25H30ClN5OS. The summed E-state index contributed by atoms with van der Waals surface area (Å²) in [4.78, 5) is 21.9. The number of rotatable bonds is 6. The summed E-state index contributed by atoms with van der Waals surface area (Å²) >= 11 is 8.19. The lowest BCUT2D eigenvalue weighted by Crippen LogP contribution is -2.49. The van der Waals surface area contributed by atoms with E-state index in [1.54, 1.807) is 11.3 Å². The average Bonchev–Trinajstić information content (AvgIpc) is 3.25. The molecule has 1 aliphatic rings. The van der Waals surface area contributed by atoms with Crippen molar-refractivity contribution in [1.82, 2.24) is 9.88 Å². The first-order valence-corrected chi connectivity index (χ1v) is 12.6. The molecule has 0 aliphatic carbocycles. The minimum absolute atomic E-state index is 0.0820. The highest BCUT2D eigenvalue weighted by Crippen LogP contribution is 2.38. The first-order chi connectivity index (χ1) is 15.9. The Hall–Kier alpha value is -2.64. The minimum Gasteiger partial charge on any atom is -0.365 e. The Bertz CT molecular complexity index is 1160. The van der Waals surface area contributed by atoms with Crippen molar-refractivity contribution in [1.29, 1.82) is 0 Å². The molecule has 6 nitrogen and oxygen atoms in total. The van der Waals surface area contributed by atoms with Gasteiger partial charge in [0.15, 0.2) is 0 Å². The van der Waals surface area contributed by atoms with E-state index in [-0.39, 0.29) is 5.91 Å². The van der Waals surface area contributed by atoms with Gasteiger partial charge in [-0.2, -0.15) is 5.10 Å². The van der Waals surface area contributed by atoms with Gasteiger partial charge in [-0.05, 0) is 49.1 Å². The van der Waals surface area contributed by atoms with Gasteiger partial charge in [-0.25, -0.2) is 4.98 Å². The van der Waals surface area contributed by atoms with Crippen molar-refractivity contribution in [3.63, 3.8) is 0 Å². The Labute approximate surface area is 204 Å². The second-order valence-corrected chi connectivity index (χ2v) is 10.1. The highest BCUT2D eigenvalue weighted by Gasteiger charge is 2.25. The topological polar surface area (TPSA) is 60.8 Å². The summed E-state index contributed by atoms with van der Waals surface area (Å²) in [6, 6.07) is 11.9. The van der Waals surface area contributed by atoms with Crippen LogP contribution in [0.5, 0.6) is 0 Å². The molecule has 0 saturated carbocycles. The van der Waals surface area contributed by atoms with Crippen LogP contribution in [0.25, 0.3) is 10.2 Å². The number of carbonyl (C=O) groups excluding carboxylic acids is 1. The van der Waals surface area contributed by atoms with Crippen LogP contribution in [0.1, 0.15) is 56.0 Å². The van der Waals surface area contributed by atoms with Crippen LogP contribution in [0, 0.1) is 0 Å². The number of aromatic nitrogens is 1. The third-order valence-corrected chi connectivity index (χ3v) is 7.28. The second-order valence-electron chi connectivity index (χ2n) is 8.63. The molecule has 8 heteroatoms. The number of hydrazone groups is 1. The number of thiazole rings is 1. The van der Waals surface area contributed by atoms with Gasteiger partial charge in [0.1, 0.15) is 5.52 Å². The quantitative estimate of drug-likeness (QED) is 0.333. The molecule has 0 radical (unpaired) electrons. The summed E-state index contributed by atoms with van der Waals surface area (Å²) in [5.41, 5.74) is 7.88. The van der Waals surface area contributed by atoms with Gasteiger partial charge in [-0.1, -0.05) is 55.8 Å². The first kappa shape index (κ1) is 23.5. The molecule has 3 aromatic rings. The molecule has 33 heavy (non-hydrogen) atoms. The van der Waals surface area contributed by atoms with E-state index in [1.165, 1.54) is 5.56 Å². The van der Waals surface area contributed by atoms with E-state index in [2.05, 4.69) is 48.3 Å². The van der Waals surface area contributed by atoms with E-state index in [0.717, 1.165) is 38.7 Å². The Kier molecular flexibility index (Phi) is 7.20. The lowest BCUT2D eigenvalue weighted by atomic mass is 10.0. The summed E-state index contributed by atoms with van der Waals surface area (Å²) in [6.45, 7) is 11.1. The van der Waals surface area contributed by atoms with Crippen LogP contribution in [0.4, 0.5) is 10.8 Å². The van der Waals surface area contributed by atoms with Crippen LogP contribution in [-0.4, -0.2) is 47.7 Å². The van der Waals surface area contributed by atoms with E-state index >= 15 is 0 Å². The van der Waals surface area contributed by atoms with Crippen LogP contribution in [-0.2, 0) is 0 Å². The number of nitrogens with one attached hydrogen (secondary N) is 1. The predicted octanol–water partition coefficient (Wildman–Crippen LogP) is 6.23. The van der Waals surface area contributed by atoms with Crippen LogP contribution in [0.2, 0.25) is 5.02 Å². The maximum atomic E-state index is 13.0. The van der Waals surface area contributed by atoms with E-state index < -0.39 is 0 Å². The number of carbonyl (C=O) groups is 1. The van der Waals surface area contributed by atoms with Crippen molar-refractivity contribution >= 4 is 55.6 Å².